The van der Waals surface area contributed by atoms with E-state index in [0.29, 0.717) is 0 Å². The number of para-hydroxylation sites is 1. The fourth-order valence-electron chi connectivity index (χ4n) is 1.81. The summed E-state index contributed by atoms with van der Waals surface area (Å²) in [4.78, 5) is 0. The van der Waals surface area contributed by atoms with Crippen molar-refractivity contribution in [2.24, 2.45) is 0 Å². The van der Waals surface area contributed by atoms with E-state index in [1.165, 1.54) is 25.1 Å². The Hall–Kier alpha value is -1.57. The summed E-state index contributed by atoms with van der Waals surface area (Å²) in [5.74, 6) is 0. The summed E-state index contributed by atoms with van der Waals surface area (Å²) in [5, 5.41) is 3.26. The normalized spacial score (nSPS) is 16.3. The van der Waals surface area contributed by atoms with E-state index in [4.69, 9.17) is 0 Å². The van der Waals surface area contributed by atoms with Crippen molar-refractivity contribution in [2.45, 2.75) is 12.8 Å². The van der Waals surface area contributed by atoms with Crippen LogP contribution in [0.5, 0.6) is 0 Å². The number of anilines is 1. The molecule has 0 atom stereocenters. The lowest BCUT2D eigenvalue weighted by Gasteiger charge is -1.98. The molecule has 78 valence electrons. The van der Waals surface area contributed by atoms with Gasteiger partial charge >= 0.3 is 0 Å². The molecule has 1 aromatic rings. The largest absolute Gasteiger partial charge is 0.361 e. The molecule has 0 radical (unpaired) electrons. The third-order valence-corrected chi connectivity index (χ3v) is 2.72. The highest BCUT2D eigenvalue weighted by Crippen LogP contribution is 2.06. The third-order valence-electron chi connectivity index (χ3n) is 2.72. The molecule has 0 saturated carbocycles. The van der Waals surface area contributed by atoms with Crippen LogP contribution < -0.4 is 5.32 Å². The maximum atomic E-state index is 3.26. The molecule has 1 aromatic carbocycles. The molecule has 0 saturated heterocycles. The second-order valence-electron chi connectivity index (χ2n) is 3.86. The average Bonchev–Trinajstić information content (AvgIpc) is 2.66. The fraction of sp³-hybridized carbons (Fsp3) is 0.308. The van der Waals surface area contributed by atoms with Gasteiger partial charge in [0.25, 0.3) is 0 Å². The van der Waals surface area contributed by atoms with Crippen LogP contribution in [0.1, 0.15) is 12.8 Å². The van der Waals surface area contributed by atoms with Gasteiger partial charge in [-0.2, -0.15) is 0 Å². The third kappa shape index (κ3) is 2.69. The molecule has 2 heteroatoms. The molecule has 2 nitrogen and oxygen atoms in total. The molecule has 0 aliphatic carbocycles. The molecular formula is C13H17N2+. The first kappa shape index (κ1) is 9.97. The molecule has 15 heavy (non-hydrogen) atoms. The predicted octanol–water partition coefficient (Wildman–Crippen LogP) is 2.49. The Morgan fingerprint density at radius 1 is 1.27 bits per heavy atom. The van der Waals surface area contributed by atoms with Gasteiger partial charge in [-0.15, -0.1) is 0 Å². The summed E-state index contributed by atoms with van der Waals surface area (Å²) in [6, 6.07) is 10.2. The lowest BCUT2D eigenvalue weighted by Crippen LogP contribution is -2.07. The Balaban J connectivity index is 1.93. The van der Waals surface area contributed by atoms with E-state index in [2.05, 4.69) is 35.1 Å². The van der Waals surface area contributed by atoms with Crippen LogP contribution in [-0.4, -0.2) is 23.9 Å². The van der Waals surface area contributed by atoms with Crippen molar-refractivity contribution in [3.63, 3.8) is 0 Å². The first-order valence-corrected chi connectivity index (χ1v) is 5.41. The first-order chi connectivity index (χ1) is 7.36. The van der Waals surface area contributed by atoms with E-state index < -0.39 is 0 Å². The van der Waals surface area contributed by atoms with E-state index in [-0.39, 0.29) is 0 Å². The quantitative estimate of drug-likeness (QED) is 0.742. The van der Waals surface area contributed by atoms with Crippen molar-refractivity contribution in [2.75, 3.05) is 18.9 Å². The zero-order chi connectivity index (χ0) is 10.5. The van der Waals surface area contributed by atoms with Crippen molar-refractivity contribution in [1.82, 2.24) is 0 Å². The maximum Gasteiger partial charge on any atom is 0.177 e. The summed E-state index contributed by atoms with van der Waals surface area (Å²) in [6.07, 6.45) is 6.66. The monoisotopic (exact) mass is 201 g/mol. The van der Waals surface area contributed by atoms with E-state index in [1.807, 2.05) is 24.4 Å². The van der Waals surface area contributed by atoms with Gasteiger partial charge in [0.05, 0.1) is 0 Å². The van der Waals surface area contributed by atoms with Crippen molar-refractivity contribution in [1.29, 1.82) is 0 Å². The smallest absolute Gasteiger partial charge is 0.177 e. The van der Waals surface area contributed by atoms with Crippen molar-refractivity contribution >= 4 is 11.4 Å². The van der Waals surface area contributed by atoms with Crippen LogP contribution in [-0.2, 0) is 0 Å². The second kappa shape index (κ2) is 4.78. The van der Waals surface area contributed by atoms with Gasteiger partial charge in [0.15, 0.2) is 5.71 Å². The minimum absolute atomic E-state index is 1.13. The Kier molecular flexibility index (Phi) is 3.18. The second-order valence-corrected chi connectivity index (χ2v) is 3.86. The average molecular weight is 201 g/mol. The summed E-state index contributed by atoms with van der Waals surface area (Å²) in [7, 11) is 2.15. The van der Waals surface area contributed by atoms with E-state index >= 15 is 0 Å². The van der Waals surface area contributed by atoms with Gasteiger partial charge in [-0.3, -0.25) is 0 Å². The van der Waals surface area contributed by atoms with Crippen LogP contribution in [0, 0.1) is 0 Å². The molecule has 1 aliphatic heterocycles. The van der Waals surface area contributed by atoms with Gasteiger partial charge in [0.2, 0.25) is 0 Å². The number of benzene rings is 1. The Morgan fingerprint density at radius 2 is 2.07 bits per heavy atom. The van der Waals surface area contributed by atoms with E-state index in [1.54, 1.807) is 0 Å². The standard InChI is InChI=1S/C13H16N2/c1-15-11-5-8-13(15)9-10-14-12-6-3-2-4-7-12/h2-4,6-7,9-10H,5,8,11H2,1H3/p+1. The summed E-state index contributed by atoms with van der Waals surface area (Å²) in [5.41, 5.74) is 2.55. The van der Waals surface area contributed by atoms with Crippen LogP contribution in [0.15, 0.2) is 42.6 Å². The maximum absolute atomic E-state index is 3.26. The minimum Gasteiger partial charge on any atom is -0.361 e. The predicted molar refractivity (Wildman–Crippen MR) is 64.5 cm³/mol. The van der Waals surface area contributed by atoms with Crippen LogP contribution in [0.25, 0.3) is 0 Å². The van der Waals surface area contributed by atoms with Gasteiger partial charge in [-0.05, 0) is 12.1 Å². The number of rotatable bonds is 3. The molecule has 1 aliphatic rings. The van der Waals surface area contributed by atoms with E-state index in [9.17, 15) is 0 Å². The topological polar surface area (TPSA) is 15.0 Å². The molecule has 1 N–H and O–H groups in total. The molecule has 0 aromatic heterocycles. The van der Waals surface area contributed by atoms with Gasteiger partial charge in [-0.25, -0.2) is 4.58 Å². The van der Waals surface area contributed by atoms with Crippen LogP contribution in [0.2, 0.25) is 0 Å². The summed E-state index contributed by atoms with van der Waals surface area (Å²) >= 11 is 0. The highest BCUT2D eigenvalue weighted by molar-refractivity contribution is 5.91. The fourth-order valence-corrected chi connectivity index (χ4v) is 1.81. The lowest BCUT2D eigenvalue weighted by atomic mass is 10.2. The van der Waals surface area contributed by atoms with Crippen LogP contribution in [0.3, 0.4) is 0 Å². The molecule has 0 spiro atoms. The number of nitrogens with one attached hydrogen (secondary N) is 1. The SMILES string of the molecule is C[N+]1=C(C=CNc2ccccc2)CCC1. The molecule has 0 bridgehead atoms. The number of allylic oxidation sites excluding steroid dienone is 1. The van der Waals surface area contributed by atoms with E-state index in [0.717, 1.165) is 5.69 Å². The zero-order valence-electron chi connectivity index (χ0n) is 9.11. The lowest BCUT2D eigenvalue weighted by molar-refractivity contribution is -0.487. The van der Waals surface area contributed by atoms with Crippen LogP contribution >= 0.6 is 0 Å². The van der Waals surface area contributed by atoms with Gasteiger partial charge < -0.3 is 5.32 Å². The van der Waals surface area contributed by atoms with Crippen LogP contribution in [0.4, 0.5) is 5.69 Å². The molecule has 0 fully saturated rings. The highest BCUT2D eigenvalue weighted by Gasteiger charge is 2.14. The zero-order valence-corrected chi connectivity index (χ0v) is 9.11. The number of hydrogen-bond donors (Lipinski definition) is 1. The molecular weight excluding hydrogens is 184 g/mol. The first-order valence-electron chi connectivity index (χ1n) is 5.41. The van der Waals surface area contributed by atoms with Gasteiger partial charge in [-0.1, -0.05) is 18.2 Å². The van der Waals surface area contributed by atoms with Crippen molar-refractivity contribution in [3.8, 4) is 0 Å². The number of nitrogens with zero attached hydrogens (tertiary/aromatic N) is 1. The molecule has 1 heterocycles. The highest BCUT2D eigenvalue weighted by atomic mass is 15.0. The minimum atomic E-state index is 1.13. The van der Waals surface area contributed by atoms with Gasteiger partial charge in [0, 0.05) is 30.8 Å². The van der Waals surface area contributed by atoms with Gasteiger partial charge in [0.1, 0.15) is 13.6 Å². The Labute approximate surface area is 90.9 Å². The summed E-state index contributed by atoms with van der Waals surface area (Å²) < 4.78 is 2.31. The van der Waals surface area contributed by atoms with Crippen molar-refractivity contribution < 1.29 is 4.58 Å². The molecule has 0 unspecified atom stereocenters. The Bertz CT molecular complexity index is 377. The number of hydrogen-bond acceptors (Lipinski definition) is 1. The molecule has 0 amide bonds. The van der Waals surface area contributed by atoms with Crippen molar-refractivity contribution in [3.05, 3.63) is 42.6 Å². The Morgan fingerprint density at radius 3 is 2.73 bits per heavy atom. The molecule has 2 rings (SSSR count). The summed E-state index contributed by atoms with van der Waals surface area (Å²) in [6.45, 7) is 1.19.